The third kappa shape index (κ3) is 2.31. The van der Waals surface area contributed by atoms with Crippen LogP contribution in [0.1, 0.15) is 5.56 Å². The summed E-state index contributed by atoms with van der Waals surface area (Å²) in [4.78, 5) is 13.1. The Morgan fingerprint density at radius 1 is 1.64 bits per heavy atom. The molecule has 0 aromatic heterocycles. The molecule has 0 saturated heterocycles. The summed E-state index contributed by atoms with van der Waals surface area (Å²) < 4.78 is 17.9. The second-order valence-corrected chi connectivity index (χ2v) is 2.91. The molecule has 1 aromatic carbocycles. The van der Waals surface area contributed by atoms with Gasteiger partial charge in [0, 0.05) is 0 Å². The molecule has 0 spiro atoms. The van der Waals surface area contributed by atoms with Crippen molar-refractivity contribution in [2.24, 2.45) is 4.99 Å². The van der Waals surface area contributed by atoms with Crippen molar-refractivity contribution in [1.82, 2.24) is 0 Å². The summed E-state index contributed by atoms with van der Waals surface area (Å²) in [6, 6.07) is 2.70. The zero-order valence-electron chi connectivity index (χ0n) is 7.38. The molecule has 0 aliphatic heterocycles. The lowest BCUT2D eigenvalue weighted by molar-refractivity contribution is 0.386. The Balaban J connectivity index is 3.07. The molecule has 1 rings (SSSR count). The quantitative estimate of drug-likeness (QED) is 0.573. The van der Waals surface area contributed by atoms with Gasteiger partial charge in [0.05, 0.1) is 18.7 Å². The highest BCUT2D eigenvalue weighted by atomic mass is 35.5. The van der Waals surface area contributed by atoms with Crippen molar-refractivity contribution in [1.29, 1.82) is 0 Å². The van der Waals surface area contributed by atoms with Crippen LogP contribution >= 0.6 is 11.6 Å². The van der Waals surface area contributed by atoms with Gasteiger partial charge in [0.2, 0.25) is 6.08 Å². The molecule has 0 amide bonds. The Bertz CT molecular complexity index is 365. The lowest BCUT2D eigenvalue weighted by atomic mass is 10.2. The van der Waals surface area contributed by atoms with E-state index in [1.807, 2.05) is 0 Å². The lowest BCUT2D eigenvalue weighted by Gasteiger charge is -2.05. The van der Waals surface area contributed by atoms with E-state index in [0.717, 1.165) is 0 Å². The van der Waals surface area contributed by atoms with Crippen LogP contribution in [0.4, 0.5) is 4.39 Å². The molecule has 0 aliphatic rings. The molecule has 0 bridgehead atoms. The summed E-state index contributed by atoms with van der Waals surface area (Å²) in [5.74, 6) is -0.582. The molecular weight excluding hydrogens is 209 g/mol. The van der Waals surface area contributed by atoms with Crippen LogP contribution in [0.3, 0.4) is 0 Å². The van der Waals surface area contributed by atoms with E-state index in [0.29, 0.717) is 5.56 Å². The lowest BCUT2D eigenvalue weighted by Crippen LogP contribution is -1.92. The van der Waals surface area contributed by atoms with Gasteiger partial charge in [0.15, 0.2) is 11.6 Å². The summed E-state index contributed by atoms with van der Waals surface area (Å²) >= 11 is 5.71. The molecular formula is C9H7ClFNO2. The number of rotatable bonds is 3. The van der Waals surface area contributed by atoms with Crippen molar-refractivity contribution < 1.29 is 13.9 Å². The average Bonchev–Trinajstić information content (AvgIpc) is 2.14. The fourth-order valence-electron chi connectivity index (χ4n) is 1.02. The van der Waals surface area contributed by atoms with Gasteiger partial charge in [0.25, 0.3) is 0 Å². The first-order chi connectivity index (χ1) is 6.69. The Kier molecular flexibility index (Phi) is 3.63. The van der Waals surface area contributed by atoms with E-state index in [9.17, 15) is 9.18 Å². The molecule has 3 nitrogen and oxygen atoms in total. The third-order valence-electron chi connectivity index (χ3n) is 1.59. The number of hydrogen-bond acceptors (Lipinski definition) is 3. The number of isocyanates is 1. The van der Waals surface area contributed by atoms with Gasteiger partial charge in [-0.05, 0) is 17.7 Å². The molecule has 74 valence electrons. The normalized spacial score (nSPS) is 9.36. The maximum absolute atomic E-state index is 13.2. The van der Waals surface area contributed by atoms with E-state index in [-0.39, 0.29) is 17.3 Å². The molecule has 0 saturated carbocycles. The number of benzene rings is 1. The summed E-state index contributed by atoms with van der Waals surface area (Å²) in [5.41, 5.74) is 0.497. The standard InChI is InChI=1S/C9H7ClFNO2/c1-14-9-7(10)2-6(3-8(9)11)4-12-5-13/h2-3H,4H2,1H3. The minimum atomic E-state index is -0.573. The van der Waals surface area contributed by atoms with Gasteiger partial charge in [0.1, 0.15) is 0 Å². The van der Waals surface area contributed by atoms with Crippen LogP contribution in [0.15, 0.2) is 17.1 Å². The monoisotopic (exact) mass is 215 g/mol. The van der Waals surface area contributed by atoms with Gasteiger partial charge in [-0.25, -0.2) is 14.2 Å². The van der Waals surface area contributed by atoms with E-state index in [4.69, 9.17) is 16.3 Å². The highest BCUT2D eigenvalue weighted by Gasteiger charge is 2.09. The molecule has 0 aliphatic carbocycles. The van der Waals surface area contributed by atoms with Crippen LogP contribution < -0.4 is 4.74 Å². The Morgan fingerprint density at radius 2 is 2.36 bits per heavy atom. The molecule has 0 N–H and O–H groups in total. The van der Waals surface area contributed by atoms with Crippen LogP contribution in [0, 0.1) is 5.82 Å². The van der Waals surface area contributed by atoms with Crippen molar-refractivity contribution in [2.75, 3.05) is 7.11 Å². The molecule has 0 atom stereocenters. The number of nitrogens with zero attached hydrogens (tertiary/aromatic N) is 1. The van der Waals surface area contributed by atoms with E-state index in [2.05, 4.69) is 4.99 Å². The molecule has 5 heteroatoms. The number of methoxy groups -OCH3 is 1. The van der Waals surface area contributed by atoms with Crippen LogP contribution in [-0.2, 0) is 11.3 Å². The number of ether oxygens (including phenoxy) is 1. The van der Waals surface area contributed by atoms with Gasteiger partial charge < -0.3 is 4.74 Å². The predicted octanol–water partition coefficient (Wildman–Crippen LogP) is 2.32. The summed E-state index contributed by atoms with van der Waals surface area (Å²) in [7, 11) is 1.33. The zero-order chi connectivity index (χ0) is 10.6. The van der Waals surface area contributed by atoms with Gasteiger partial charge in [-0.15, -0.1) is 0 Å². The molecule has 0 fully saturated rings. The Labute approximate surface area is 85.2 Å². The second kappa shape index (κ2) is 4.74. The summed E-state index contributed by atoms with van der Waals surface area (Å²) in [6.45, 7) is 0.0597. The molecule has 0 heterocycles. The van der Waals surface area contributed by atoms with Crippen LogP contribution in [-0.4, -0.2) is 13.2 Å². The fraction of sp³-hybridized carbons (Fsp3) is 0.222. The van der Waals surface area contributed by atoms with E-state index in [1.165, 1.54) is 25.3 Å². The first-order valence-electron chi connectivity index (χ1n) is 3.74. The van der Waals surface area contributed by atoms with Gasteiger partial charge in [-0.3, -0.25) is 0 Å². The van der Waals surface area contributed by atoms with Crippen molar-refractivity contribution in [3.05, 3.63) is 28.5 Å². The highest BCUT2D eigenvalue weighted by Crippen LogP contribution is 2.28. The smallest absolute Gasteiger partial charge is 0.235 e. The summed E-state index contributed by atoms with van der Waals surface area (Å²) in [6.07, 6.45) is 1.36. The second-order valence-electron chi connectivity index (χ2n) is 2.50. The highest BCUT2D eigenvalue weighted by molar-refractivity contribution is 6.32. The van der Waals surface area contributed by atoms with Crippen molar-refractivity contribution in [3.63, 3.8) is 0 Å². The molecule has 0 radical (unpaired) electrons. The Morgan fingerprint density at radius 3 is 2.86 bits per heavy atom. The molecule has 14 heavy (non-hydrogen) atoms. The first-order valence-corrected chi connectivity index (χ1v) is 4.12. The molecule has 0 unspecified atom stereocenters. The van der Waals surface area contributed by atoms with E-state index in [1.54, 1.807) is 0 Å². The van der Waals surface area contributed by atoms with Crippen LogP contribution in [0.2, 0.25) is 5.02 Å². The van der Waals surface area contributed by atoms with Crippen molar-refractivity contribution >= 4 is 17.7 Å². The van der Waals surface area contributed by atoms with Gasteiger partial charge >= 0.3 is 0 Å². The van der Waals surface area contributed by atoms with Gasteiger partial charge in [-0.1, -0.05) is 11.6 Å². The average molecular weight is 216 g/mol. The third-order valence-corrected chi connectivity index (χ3v) is 1.87. The topological polar surface area (TPSA) is 38.7 Å². The van der Waals surface area contributed by atoms with Crippen LogP contribution in [0.25, 0.3) is 0 Å². The van der Waals surface area contributed by atoms with E-state index >= 15 is 0 Å². The maximum Gasteiger partial charge on any atom is 0.235 e. The number of aliphatic imine (C=N–C) groups is 1. The maximum atomic E-state index is 13.2. The largest absolute Gasteiger partial charge is 0.492 e. The summed E-state index contributed by atoms with van der Waals surface area (Å²) in [5, 5.41) is 0.156. The number of carbonyl (C=O) groups excluding carboxylic acids is 1. The van der Waals surface area contributed by atoms with Crippen LogP contribution in [0.5, 0.6) is 5.75 Å². The minimum Gasteiger partial charge on any atom is -0.492 e. The zero-order valence-corrected chi connectivity index (χ0v) is 8.14. The SMILES string of the molecule is COc1c(F)cc(CN=C=O)cc1Cl. The predicted molar refractivity (Wildman–Crippen MR) is 49.8 cm³/mol. The first kappa shape index (κ1) is 10.7. The number of hydrogen-bond donors (Lipinski definition) is 0. The number of halogens is 2. The van der Waals surface area contributed by atoms with Crippen molar-refractivity contribution in [3.8, 4) is 5.75 Å². The molecule has 1 aromatic rings. The van der Waals surface area contributed by atoms with E-state index < -0.39 is 5.82 Å². The fourth-order valence-corrected chi connectivity index (χ4v) is 1.33. The minimum absolute atomic E-state index is 0.00880. The van der Waals surface area contributed by atoms with Gasteiger partial charge in [-0.2, -0.15) is 0 Å². The Hall–Kier alpha value is -1.38. The van der Waals surface area contributed by atoms with Crippen molar-refractivity contribution in [2.45, 2.75) is 6.54 Å².